The molecule has 4 nitrogen and oxygen atoms in total. The first-order valence-corrected chi connectivity index (χ1v) is 14.9. The maximum Gasteiger partial charge on any atom is 0.299 e. The summed E-state index contributed by atoms with van der Waals surface area (Å²) < 4.78 is 42.2. The zero-order chi connectivity index (χ0) is 24.5. The minimum absolute atomic E-state index is 0.0600. The highest BCUT2D eigenvalue weighted by Gasteiger charge is 2.25. The van der Waals surface area contributed by atoms with Crippen LogP contribution in [0.1, 0.15) is 129 Å². The Labute approximate surface area is 204 Å². The van der Waals surface area contributed by atoms with Gasteiger partial charge in [-0.25, -0.2) is 4.39 Å². The first kappa shape index (κ1) is 32.0. The molecule has 0 aliphatic carbocycles. The summed E-state index contributed by atoms with van der Waals surface area (Å²) in [4.78, 5) is 3.78. The van der Waals surface area contributed by atoms with E-state index >= 15 is 0 Å². The SMILES string of the molecule is CCCCCCCCCCCCCCOS(=O)(=O)C(F)CCCCCCC.c1ccncc1. The lowest BCUT2D eigenvalue weighted by molar-refractivity contribution is 0.270. The lowest BCUT2D eigenvalue weighted by Crippen LogP contribution is -2.19. The van der Waals surface area contributed by atoms with E-state index < -0.39 is 15.6 Å². The number of hydrogen-bond acceptors (Lipinski definition) is 4. The van der Waals surface area contributed by atoms with Crippen LogP contribution in [0.3, 0.4) is 0 Å². The molecule has 1 rings (SSSR count). The van der Waals surface area contributed by atoms with E-state index in [0.717, 1.165) is 38.5 Å². The topological polar surface area (TPSA) is 56.3 Å². The molecule has 0 bridgehead atoms. The molecule has 1 aromatic heterocycles. The molecule has 0 spiro atoms. The third kappa shape index (κ3) is 22.5. The molecular weight excluding hydrogens is 437 g/mol. The molecule has 1 heterocycles. The molecule has 194 valence electrons. The summed E-state index contributed by atoms with van der Waals surface area (Å²) in [7, 11) is -4.03. The van der Waals surface area contributed by atoms with Crippen LogP contribution in [0.25, 0.3) is 0 Å². The van der Waals surface area contributed by atoms with Gasteiger partial charge in [0.15, 0.2) is 0 Å². The molecule has 0 aliphatic rings. The van der Waals surface area contributed by atoms with E-state index in [-0.39, 0.29) is 13.0 Å². The standard InChI is InChI=1S/C22H45FO3S.C5H5N/c1-3-5-7-9-10-11-12-13-14-15-17-19-21-26-27(24,25)22(23)20-18-16-8-6-4-2;1-2-4-6-5-3-1/h22H,3-21H2,1-2H3;1-5H. The Balaban J connectivity index is 0.00000146. The number of nitrogens with zero attached hydrogens (tertiary/aromatic N) is 1. The van der Waals surface area contributed by atoms with Gasteiger partial charge < -0.3 is 0 Å². The molecule has 0 aliphatic heterocycles. The van der Waals surface area contributed by atoms with Crippen molar-refractivity contribution in [1.82, 2.24) is 4.98 Å². The Hall–Kier alpha value is -1.01. The first-order chi connectivity index (χ1) is 16.0. The molecule has 6 heteroatoms. The lowest BCUT2D eigenvalue weighted by atomic mass is 10.1. The second-order valence-electron chi connectivity index (χ2n) is 8.84. The minimum Gasteiger partial charge on any atom is -0.268 e. The molecule has 0 amide bonds. The third-order valence-electron chi connectivity index (χ3n) is 5.66. The van der Waals surface area contributed by atoms with Crippen molar-refractivity contribution in [2.24, 2.45) is 0 Å². The largest absolute Gasteiger partial charge is 0.299 e. The predicted molar refractivity (Wildman–Crippen MR) is 138 cm³/mol. The van der Waals surface area contributed by atoms with E-state index in [2.05, 4.69) is 18.8 Å². The molecule has 0 fully saturated rings. The zero-order valence-corrected chi connectivity index (χ0v) is 22.2. The highest BCUT2D eigenvalue weighted by Crippen LogP contribution is 2.17. The van der Waals surface area contributed by atoms with E-state index in [4.69, 9.17) is 4.18 Å². The second-order valence-corrected chi connectivity index (χ2v) is 10.6. The van der Waals surface area contributed by atoms with Crippen molar-refractivity contribution in [1.29, 1.82) is 0 Å². The molecule has 0 N–H and O–H groups in total. The molecule has 0 aromatic carbocycles. The van der Waals surface area contributed by atoms with Crippen LogP contribution in [-0.2, 0) is 14.3 Å². The normalized spacial score (nSPS) is 12.2. The van der Waals surface area contributed by atoms with E-state index in [0.29, 0.717) is 12.8 Å². The molecule has 1 atom stereocenters. The van der Waals surface area contributed by atoms with E-state index in [1.54, 1.807) is 12.4 Å². The van der Waals surface area contributed by atoms with Gasteiger partial charge in [0.05, 0.1) is 6.61 Å². The fourth-order valence-electron chi connectivity index (χ4n) is 3.56. The summed E-state index contributed by atoms with van der Waals surface area (Å²) in [5.41, 5.74) is -1.86. The number of unbranched alkanes of at least 4 members (excludes halogenated alkanes) is 15. The van der Waals surface area contributed by atoms with Crippen molar-refractivity contribution >= 4 is 10.1 Å². The van der Waals surface area contributed by atoms with Gasteiger partial charge in [-0.3, -0.25) is 9.17 Å². The van der Waals surface area contributed by atoms with E-state index in [9.17, 15) is 12.8 Å². The predicted octanol–water partition coefficient (Wildman–Crippen LogP) is 8.77. The van der Waals surface area contributed by atoms with E-state index in [1.165, 1.54) is 57.8 Å². The van der Waals surface area contributed by atoms with Gasteiger partial charge in [-0.05, 0) is 31.4 Å². The fraction of sp³-hybridized carbons (Fsp3) is 0.815. The maximum atomic E-state index is 13.8. The van der Waals surface area contributed by atoms with Gasteiger partial charge in [-0.2, -0.15) is 8.42 Å². The lowest BCUT2D eigenvalue weighted by Gasteiger charge is -2.10. The van der Waals surface area contributed by atoms with Crippen molar-refractivity contribution in [3.8, 4) is 0 Å². The van der Waals surface area contributed by atoms with Crippen molar-refractivity contribution in [2.45, 2.75) is 135 Å². The number of aromatic nitrogens is 1. The Bertz CT molecular complexity index is 572. The molecule has 0 saturated carbocycles. The highest BCUT2D eigenvalue weighted by molar-refractivity contribution is 7.87. The Morgan fingerprint density at radius 3 is 1.48 bits per heavy atom. The van der Waals surface area contributed by atoms with Crippen LogP contribution in [0.5, 0.6) is 0 Å². The number of pyridine rings is 1. The molecule has 33 heavy (non-hydrogen) atoms. The Kier molecular flexibility index (Phi) is 23.4. The Morgan fingerprint density at radius 2 is 1.09 bits per heavy atom. The molecule has 1 unspecified atom stereocenters. The number of hydrogen-bond donors (Lipinski definition) is 0. The summed E-state index contributed by atoms with van der Waals surface area (Å²) in [6, 6.07) is 5.72. The molecular formula is C27H50FNO3S. The minimum atomic E-state index is -4.03. The smallest absolute Gasteiger partial charge is 0.268 e. The monoisotopic (exact) mass is 487 g/mol. The van der Waals surface area contributed by atoms with Gasteiger partial charge in [0.2, 0.25) is 5.50 Å². The maximum absolute atomic E-state index is 13.8. The Morgan fingerprint density at radius 1 is 0.667 bits per heavy atom. The number of rotatable bonds is 21. The molecule has 1 aromatic rings. The average Bonchev–Trinajstić information content (AvgIpc) is 2.83. The van der Waals surface area contributed by atoms with Gasteiger partial charge in [0, 0.05) is 12.4 Å². The van der Waals surface area contributed by atoms with Crippen molar-refractivity contribution in [3.05, 3.63) is 30.6 Å². The van der Waals surface area contributed by atoms with Crippen LogP contribution < -0.4 is 0 Å². The quantitative estimate of drug-likeness (QED) is 0.128. The number of alkyl halides is 1. The van der Waals surface area contributed by atoms with E-state index in [1.807, 2.05) is 18.2 Å². The van der Waals surface area contributed by atoms with Crippen molar-refractivity contribution < 1.29 is 17.0 Å². The van der Waals surface area contributed by atoms with Gasteiger partial charge in [-0.15, -0.1) is 0 Å². The van der Waals surface area contributed by atoms with Crippen LogP contribution >= 0.6 is 0 Å². The highest BCUT2D eigenvalue weighted by atomic mass is 32.2. The summed E-state index contributed by atoms with van der Waals surface area (Å²) in [6.45, 7) is 4.48. The van der Waals surface area contributed by atoms with Gasteiger partial charge >= 0.3 is 0 Å². The third-order valence-corrected chi connectivity index (χ3v) is 7.02. The van der Waals surface area contributed by atoms with Crippen LogP contribution in [0.4, 0.5) is 4.39 Å². The van der Waals surface area contributed by atoms with Crippen LogP contribution in [0.2, 0.25) is 0 Å². The van der Waals surface area contributed by atoms with Crippen molar-refractivity contribution in [2.75, 3.05) is 6.61 Å². The van der Waals surface area contributed by atoms with Crippen LogP contribution in [-0.4, -0.2) is 25.5 Å². The van der Waals surface area contributed by atoms with Gasteiger partial charge in [0.25, 0.3) is 10.1 Å². The van der Waals surface area contributed by atoms with Crippen molar-refractivity contribution in [3.63, 3.8) is 0 Å². The van der Waals surface area contributed by atoms with Gasteiger partial charge in [0.1, 0.15) is 0 Å². The van der Waals surface area contributed by atoms with Gasteiger partial charge in [-0.1, -0.05) is 116 Å². The average molecular weight is 488 g/mol. The summed E-state index contributed by atoms with van der Waals surface area (Å²) >= 11 is 0. The second kappa shape index (κ2) is 24.1. The summed E-state index contributed by atoms with van der Waals surface area (Å²) in [6.07, 6.45) is 23.0. The number of halogens is 1. The molecule has 0 radical (unpaired) electrons. The van der Waals surface area contributed by atoms with Crippen LogP contribution in [0, 0.1) is 0 Å². The fourth-order valence-corrected chi connectivity index (χ4v) is 4.51. The molecule has 0 saturated heterocycles. The summed E-state index contributed by atoms with van der Waals surface area (Å²) in [5, 5.41) is 0. The van der Waals surface area contributed by atoms with Crippen LogP contribution in [0.15, 0.2) is 30.6 Å². The zero-order valence-electron chi connectivity index (χ0n) is 21.4. The first-order valence-electron chi connectivity index (χ1n) is 13.4. The summed E-state index contributed by atoms with van der Waals surface area (Å²) in [5.74, 6) is 0.